The summed E-state index contributed by atoms with van der Waals surface area (Å²) in [5.41, 5.74) is 0.328. The maximum atomic E-state index is 12.4. The van der Waals surface area contributed by atoms with Crippen molar-refractivity contribution in [2.24, 2.45) is 0 Å². The molecular weight excluding hydrogens is 448 g/mol. The smallest absolute Gasteiger partial charge is 0.339 e. The average molecular weight is 477 g/mol. The van der Waals surface area contributed by atoms with E-state index < -0.39 is 5.97 Å². The van der Waals surface area contributed by atoms with Gasteiger partial charge in [-0.1, -0.05) is 30.3 Å². The van der Waals surface area contributed by atoms with Gasteiger partial charge in [0.1, 0.15) is 0 Å². The third-order valence-electron chi connectivity index (χ3n) is 4.08. The summed E-state index contributed by atoms with van der Waals surface area (Å²) in [4.78, 5) is 38.1. The molecule has 172 valence electrons. The number of hydrogen-bond donors (Lipinski definition) is 2. The number of hydrogen-bond acceptors (Lipinski definition) is 7. The monoisotopic (exact) mass is 476 g/mol. The zero-order chi connectivity index (χ0) is 23.0. The van der Waals surface area contributed by atoms with Crippen LogP contribution in [-0.2, 0) is 19.1 Å². The maximum Gasteiger partial charge on any atom is 0.339 e. The number of methoxy groups -OCH3 is 1. The molecule has 32 heavy (non-hydrogen) atoms. The van der Waals surface area contributed by atoms with Gasteiger partial charge < -0.3 is 20.1 Å². The molecule has 0 saturated heterocycles. The first kappa shape index (κ1) is 25.8. The van der Waals surface area contributed by atoms with E-state index in [1.807, 2.05) is 30.3 Å². The summed E-state index contributed by atoms with van der Waals surface area (Å²) < 4.78 is 10.0. The fourth-order valence-electron chi connectivity index (χ4n) is 2.51. The highest BCUT2D eigenvalue weighted by molar-refractivity contribution is 8.00. The van der Waals surface area contributed by atoms with E-state index in [0.29, 0.717) is 30.2 Å². The van der Waals surface area contributed by atoms with Crippen LogP contribution in [0.5, 0.6) is 0 Å². The zero-order valence-corrected chi connectivity index (χ0v) is 19.6. The third kappa shape index (κ3) is 10.2. The molecule has 0 aliphatic rings. The standard InChI is InChI=1S/C23H28N2O5S2/c1-29-14-13-25-22(27)17-32-20-11-6-5-10-19(20)23(28)30-16-21(26)24-12-7-15-31-18-8-3-2-4-9-18/h2-6,8-11H,7,12-17H2,1H3,(H,24,26)(H,25,27). The Bertz CT molecular complexity index is 864. The molecule has 2 rings (SSSR count). The first-order valence-electron chi connectivity index (χ1n) is 10.2. The number of thioether (sulfide) groups is 2. The fourth-order valence-corrected chi connectivity index (χ4v) is 4.26. The Kier molecular flexibility index (Phi) is 12.3. The maximum absolute atomic E-state index is 12.4. The summed E-state index contributed by atoms with van der Waals surface area (Å²) in [5, 5.41) is 5.48. The zero-order valence-electron chi connectivity index (χ0n) is 18.0. The van der Waals surface area contributed by atoms with E-state index in [9.17, 15) is 14.4 Å². The molecule has 0 radical (unpaired) electrons. The molecule has 0 atom stereocenters. The Morgan fingerprint density at radius 1 is 0.875 bits per heavy atom. The van der Waals surface area contributed by atoms with E-state index in [2.05, 4.69) is 10.6 Å². The van der Waals surface area contributed by atoms with E-state index in [1.165, 1.54) is 16.7 Å². The van der Waals surface area contributed by atoms with Crippen molar-refractivity contribution in [2.45, 2.75) is 16.2 Å². The SMILES string of the molecule is COCCNC(=O)CSc1ccccc1C(=O)OCC(=O)NCCCSc1ccccc1. The predicted molar refractivity (Wildman–Crippen MR) is 127 cm³/mol. The van der Waals surface area contributed by atoms with Gasteiger partial charge in [-0.2, -0.15) is 0 Å². The molecule has 9 heteroatoms. The molecule has 0 aliphatic carbocycles. The number of benzene rings is 2. The van der Waals surface area contributed by atoms with Crippen molar-refractivity contribution in [3.05, 3.63) is 60.2 Å². The molecule has 2 aromatic carbocycles. The highest BCUT2D eigenvalue weighted by atomic mass is 32.2. The second-order valence-electron chi connectivity index (χ2n) is 6.57. The average Bonchev–Trinajstić information content (AvgIpc) is 2.82. The molecule has 2 amide bonds. The number of ether oxygens (including phenoxy) is 2. The largest absolute Gasteiger partial charge is 0.452 e. The van der Waals surface area contributed by atoms with Crippen LogP contribution in [0.4, 0.5) is 0 Å². The van der Waals surface area contributed by atoms with Crippen molar-refractivity contribution in [2.75, 3.05) is 44.9 Å². The molecule has 0 unspecified atom stereocenters. The number of nitrogens with one attached hydrogen (secondary N) is 2. The van der Waals surface area contributed by atoms with E-state index >= 15 is 0 Å². The second kappa shape index (κ2) is 15.3. The van der Waals surface area contributed by atoms with Crippen molar-refractivity contribution in [3.8, 4) is 0 Å². The van der Waals surface area contributed by atoms with Crippen molar-refractivity contribution in [1.29, 1.82) is 0 Å². The van der Waals surface area contributed by atoms with Crippen LogP contribution in [0, 0.1) is 0 Å². The van der Waals surface area contributed by atoms with Gasteiger partial charge in [-0.05, 0) is 36.4 Å². The number of carbonyl (C=O) groups excluding carboxylic acids is 3. The molecule has 2 aromatic rings. The minimum Gasteiger partial charge on any atom is -0.452 e. The lowest BCUT2D eigenvalue weighted by molar-refractivity contribution is -0.124. The lowest BCUT2D eigenvalue weighted by Crippen LogP contribution is -2.30. The minimum absolute atomic E-state index is 0.153. The number of carbonyl (C=O) groups is 3. The Morgan fingerprint density at radius 2 is 1.59 bits per heavy atom. The highest BCUT2D eigenvalue weighted by Crippen LogP contribution is 2.23. The lowest BCUT2D eigenvalue weighted by atomic mass is 10.2. The van der Waals surface area contributed by atoms with Gasteiger partial charge in [-0.15, -0.1) is 23.5 Å². The van der Waals surface area contributed by atoms with Crippen LogP contribution >= 0.6 is 23.5 Å². The number of rotatable bonds is 14. The van der Waals surface area contributed by atoms with E-state index in [0.717, 1.165) is 12.2 Å². The summed E-state index contributed by atoms with van der Waals surface area (Å²) in [6.07, 6.45) is 0.811. The van der Waals surface area contributed by atoms with Gasteiger partial charge in [-0.25, -0.2) is 4.79 Å². The van der Waals surface area contributed by atoms with Gasteiger partial charge in [0.05, 0.1) is 17.9 Å². The Morgan fingerprint density at radius 3 is 2.38 bits per heavy atom. The predicted octanol–water partition coefficient (Wildman–Crippen LogP) is 3.00. The van der Waals surface area contributed by atoms with Gasteiger partial charge in [0.2, 0.25) is 5.91 Å². The molecule has 0 saturated carbocycles. The van der Waals surface area contributed by atoms with Gasteiger partial charge >= 0.3 is 5.97 Å². The molecule has 7 nitrogen and oxygen atoms in total. The second-order valence-corrected chi connectivity index (χ2v) is 8.75. The van der Waals surface area contributed by atoms with Crippen LogP contribution in [0.2, 0.25) is 0 Å². The molecular formula is C23H28N2O5S2. The normalized spacial score (nSPS) is 10.4. The number of amides is 2. The fraction of sp³-hybridized carbons (Fsp3) is 0.348. The Labute approximate surface area is 197 Å². The summed E-state index contributed by atoms with van der Waals surface area (Å²) in [6.45, 7) is 1.04. The minimum atomic E-state index is -0.595. The summed E-state index contributed by atoms with van der Waals surface area (Å²) >= 11 is 2.96. The van der Waals surface area contributed by atoms with E-state index in [4.69, 9.17) is 9.47 Å². The topological polar surface area (TPSA) is 93.7 Å². The van der Waals surface area contributed by atoms with E-state index in [1.54, 1.807) is 43.1 Å². The quantitative estimate of drug-likeness (QED) is 0.246. The van der Waals surface area contributed by atoms with Gasteiger partial charge in [0.15, 0.2) is 6.61 Å². The summed E-state index contributed by atoms with van der Waals surface area (Å²) in [5.74, 6) is -0.0446. The first-order chi connectivity index (χ1) is 15.6. The van der Waals surface area contributed by atoms with Crippen molar-refractivity contribution >= 4 is 41.3 Å². The summed E-state index contributed by atoms with van der Waals surface area (Å²) in [7, 11) is 1.56. The summed E-state index contributed by atoms with van der Waals surface area (Å²) in [6, 6.07) is 16.9. The molecule has 0 fully saturated rings. The molecule has 0 spiro atoms. The Hall–Kier alpha value is -2.49. The molecule has 0 aliphatic heterocycles. The molecule has 2 N–H and O–H groups in total. The van der Waals surface area contributed by atoms with Crippen molar-refractivity contribution in [1.82, 2.24) is 10.6 Å². The molecule has 0 aromatic heterocycles. The van der Waals surface area contributed by atoms with E-state index in [-0.39, 0.29) is 24.2 Å². The van der Waals surface area contributed by atoms with Gasteiger partial charge in [0, 0.05) is 30.0 Å². The lowest BCUT2D eigenvalue weighted by Gasteiger charge is -2.10. The van der Waals surface area contributed by atoms with Gasteiger partial charge in [0.25, 0.3) is 5.91 Å². The number of esters is 1. The van der Waals surface area contributed by atoms with Crippen LogP contribution in [0.25, 0.3) is 0 Å². The van der Waals surface area contributed by atoms with Crippen LogP contribution in [-0.4, -0.2) is 62.7 Å². The molecule has 0 heterocycles. The molecule has 0 bridgehead atoms. The van der Waals surface area contributed by atoms with Crippen LogP contribution in [0.15, 0.2) is 64.4 Å². The Balaban J connectivity index is 1.68. The highest BCUT2D eigenvalue weighted by Gasteiger charge is 2.15. The van der Waals surface area contributed by atoms with Crippen LogP contribution in [0.1, 0.15) is 16.8 Å². The van der Waals surface area contributed by atoms with Crippen LogP contribution in [0.3, 0.4) is 0 Å². The van der Waals surface area contributed by atoms with Crippen molar-refractivity contribution in [3.63, 3.8) is 0 Å². The van der Waals surface area contributed by atoms with Crippen LogP contribution < -0.4 is 10.6 Å². The first-order valence-corrected chi connectivity index (χ1v) is 12.2. The van der Waals surface area contributed by atoms with Crippen molar-refractivity contribution < 1.29 is 23.9 Å². The third-order valence-corrected chi connectivity index (χ3v) is 6.26. The van der Waals surface area contributed by atoms with Gasteiger partial charge in [-0.3, -0.25) is 9.59 Å².